The molecule has 1 aliphatic rings. The normalized spacial score (nSPS) is 15.2. The molecule has 4 rings (SSSR count). The van der Waals surface area contributed by atoms with Crippen molar-refractivity contribution in [2.75, 3.05) is 0 Å². The molecule has 1 fully saturated rings. The molecule has 0 aliphatic carbocycles. The number of carbonyl (C=O) groups is 3. The molecule has 1 aliphatic heterocycles. The lowest BCUT2D eigenvalue weighted by Crippen LogP contribution is -2.27. The van der Waals surface area contributed by atoms with E-state index in [1.165, 1.54) is 23.1 Å². The van der Waals surface area contributed by atoms with Gasteiger partial charge in [-0.15, -0.1) is 0 Å². The number of aryl methyl sites for hydroxylation is 1. The summed E-state index contributed by atoms with van der Waals surface area (Å²) < 4.78 is 5.74. The number of rotatable bonds is 5. The minimum absolute atomic E-state index is 0.0349. The molecule has 1 aromatic heterocycles. The highest BCUT2D eigenvalue weighted by Gasteiger charge is 2.35. The van der Waals surface area contributed by atoms with Crippen molar-refractivity contribution < 1.29 is 23.9 Å². The van der Waals surface area contributed by atoms with Gasteiger partial charge in [0.15, 0.2) is 0 Å². The Bertz CT molecular complexity index is 1230. The van der Waals surface area contributed by atoms with Crippen molar-refractivity contribution in [2.24, 2.45) is 0 Å². The minimum atomic E-state index is -1.36. The van der Waals surface area contributed by atoms with E-state index in [1.807, 2.05) is 31.2 Å². The predicted octanol–water partition coefficient (Wildman–Crippen LogP) is 4.51. The first kappa shape index (κ1) is 21.0. The summed E-state index contributed by atoms with van der Waals surface area (Å²) in [5.74, 6) is -0.916. The molecule has 2 amide bonds. The van der Waals surface area contributed by atoms with Crippen LogP contribution in [0.25, 0.3) is 17.4 Å². The number of halogens is 1. The molecule has 0 unspecified atom stereocenters. The molecule has 156 valence electrons. The SMILES string of the molecule is Cc1ccc(CN2C(=O)S/C(=C\c3ccc(-c4ccc(C(=O)[O-])c(Cl)c4)o3)C2=O)cc1. The minimum Gasteiger partial charge on any atom is -0.545 e. The van der Waals surface area contributed by atoms with Crippen molar-refractivity contribution in [3.63, 3.8) is 0 Å². The van der Waals surface area contributed by atoms with Crippen LogP contribution in [-0.2, 0) is 11.3 Å². The molecule has 0 bridgehead atoms. The highest BCUT2D eigenvalue weighted by molar-refractivity contribution is 8.18. The summed E-state index contributed by atoms with van der Waals surface area (Å²) in [5.41, 5.74) is 2.43. The van der Waals surface area contributed by atoms with Gasteiger partial charge in [0.05, 0.1) is 22.4 Å². The second-order valence-electron chi connectivity index (χ2n) is 6.94. The first-order chi connectivity index (χ1) is 14.8. The van der Waals surface area contributed by atoms with Gasteiger partial charge < -0.3 is 14.3 Å². The van der Waals surface area contributed by atoms with E-state index in [4.69, 9.17) is 16.0 Å². The predicted molar refractivity (Wildman–Crippen MR) is 116 cm³/mol. The molecule has 0 N–H and O–H groups in total. The van der Waals surface area contributed by atoms with Gasteiger partial charge in [-0.25, -0.2) is 0 Å². The van der Waals surface area contributed by atoms with E-state index in [2.05, 4.69) is 0 Å². The Hall–Kier alpha value is -3.29. The van der Waals surface area contributed by atoms with Gasteiger partial charge in [0.1, 0.15) is 11.5 Å². The van der Waals surface area contributed by atoms with E-state index in [1.54, 1.807) is 18.2 Å². The first-order valence-electron chi connectivity index (χ1n) is 9.24. The van der Waals surface area contributed by atoms with E-state index in [0.29, 0.717) is 17.1 Å². The van der Waals surface area contributed by atoms with Crippen molar-refractivity contribution in [1.82, 2.24) is 4.90 Å². The van der Waals surface area contributed by atoms with Crippen LogP contribution in [0.5, 0.6) is 0 Å². The monoisotopic (exact) mass is 452 g/mol. The maximum Gasteiger partial charge on any atom is 0.293 e. The number of imide groups is 1. The van der Waals surface area contributed by atoms with Crippen LogP contribution in [0.2, 0.25) is 5.02 Å². The van der Waals surface area contributed by atoms with Gasteiger partial charge in [-0.1, -0.05) is 53.6 Å². The van der Waals surface area contributed by atoms with E-state index in [9.17, 15) is 19.5 Å². The Morgan fingerprint density at radius 2 is 1.87 bits per heavy atom. The molecule has 3 aromatic rings. The van der Waals surface area contributed by atoms with E-state index >= 15 is 0 Å². The zero-order chi connectivity index (χ0) is 22.1. The molecular formula is C23H15ClNO5S-. The number of nitrogens with zero attached hydrogens (tertiary/aromatic N) is 1. The Labute approximate surface area is 187 Å². The van der Waals surface area contributed by atoms with Gasteiger partial charge in [0, 0.05) is 17.2 Å². The molecule has 0 radical (unpaired) electrons. The summed E-state index contributed by atoms with van der Waals surface area (Å²) in [4.78, 5) is 37.5. The molecule has 2 aromatic carbocycles. The van der Waals surface area contributed by atoms with Gasteiger partial charge in [-0.2, -0.15) is 0 Å². The summed E-state index contributed by atoms with van der Waals surface area (Å²) >= 11 is 6.84. The number of aromatic carboxylic acids is 1. The first-order valence-corrected chi connectivity index (χ1v) is 10.4. The van der Waals surface area contributed by atoms with Crippen LogP contribution < -0.4 is 5.11 Å². The number of furan rings is 1. The fourth-order valence-electron chi connectivity index (χ4n) is 3.06. The van der Waals surface area contributed by atoms with Crippen LogP contribution in [-0.4, -0.2) is 22.0 Å². The third-order valence-electron chi connectivity index (χ3n) is 4.71. The van der Waals surface area contributed by atoms with E-state index in [-0.39, 0.29) is 33.2 Å². The van der Waals surface area contributed by atoms with Gasteiger partial charge >= 0.3 is 0 Å². The van der Waals surface area contributed by atoms with Crippen molar-refractivity contribution in [1.29, 1.82) is 0 Å². The second-order valence-corrected chi connectivity index (χ2v) is 8.34. The van der Waals surface area contributed by atoms with Gasteiger partial charge in [-0.05, 0) is 42.4 Å². The molecule has 0 atom stereocenters. The van der Waals surface area contributed by atoms with Crippen LogP contribution in [0.1, 0.15) is 27.2 Å². The van der Waals surface area contributed by atoms with Gasteiger partial charge in [0.25, 0.3) is 11.1 Å². The molecule has 1 saturated heterocycles. The quantitative estimate of drug-likeness (QED) is 0.529. The Kier molecular flexibility index (Phi) is 5.71. The number of carboxylic acids is 1. The summed E-state index contributed by atoms with van der Waals surface area (Å²) in [6.07, 6.45) is 1.51. The number of thioether (sulfide) groups is 1. The summed E-state index contributed by atoms with van der Waals surface area (Å²) in [7, 11) is 0. The second kappa shape index (κ2) is 8.45. The lowest BCUT2D eigenvalue weighted by molar-refractivity contribution is -0.255. The van der Waals surface area contributed by atoms with Crippen LogP contribution in [0.4, 0.5) is 4.79 Å². The van der Waals surface area contributed by atoms with Crippen molar-refractivity contribution >= 4 is 46.6 Å². The molecule has 2 heterocycles. The summed E-state index contributed by atoms with van der Waals surface area (Å²) in [6, 6.07) is 15.3. The lowest BCUT2D eigenvalue weighted by Gasteiger charge is -2.12. The zero-order valence-corrected chi connectivity index (χ0v) is 17.8. The topological polar surface area (TPSA) is 90.7 Å². The Morgan fingerprint density at radius 3 is 2.55 bits per heavy atom. The Balaban J connectivity index is 1.53. The summed E-state index contributed by atoms with van der Waals surface area (Å²) in [6.45, 7) is 2.17. The van der Waals surface area contributed by atoms with Gasteiger partial charge in [0.2, 0.25) is 0 Å². The smallest absolute Gasteiger partial charge is 0.293 e. The fraction of sp³-hybridized carbons (Fsp3) is 0.0870. The zero-order valence-electron chi connectivity index (χ0n) is 16.3. The molecule has 0 spiro atoms. The maximum atomic E-state index is 12.7. The van der Waals surface area contributed by atoms with Crippen LogP contribution in [0.15, 0.2) is 63.9 Å². The van der Waals surface area contributed by atoms with Crippen LogP contribution >= 0.6 is 23.4 Å². The fourth-order valence-corrected chi connectivity index (χ4v) is 4.14. The molecule has 8 heteroatoms. The summed E-state index contributed by atoms with van der Waals surface area (Å²) in [5, 5.41) is 10.7. The highest BCUT2D eigenvalue weighted by atomic mass is 35.5. The number of benzene rings is 2. The lowest BCUT2D eigenvalue weighted by atomic mass is 10.1. The third kappa shape index (κ3) is 4.42. The molecular weight excluding hydrogens is 438 g/mol. The van der Waals surface area contributed by atoms with Crippen molar-refractivity contribution in [3.8, 4) is 11.3 Å². The highest BCUT2D eigenvalue weighted by Crippen LogP contribution is 2.34. The average Bonchev–Trinajstić information content (AvgIpc) is 3.29. The van der Waals surface area contributed by atoms with E-state index in [0.717, 1.165) is 22.9 Å². The largest absolute Gasteiger partial charge is 0.545 e. The number of hydrogen-bond acceptors (Lipinski definition) is 6. The van der Waals surface area contributed by atoms with Crippen LogP contribution in [0.3, 0.4) is 0 Å². The Morgan fingerprint density at radius 1 is 1.13 bits per heavy atom. The maximum absolute atomic E-state index is 12.7. The number of amides is 2. The number of carbonyl (C=O) groups excluding carboxylic acids is 3. The number of carboxylic acid groups (broad SMARTS) is 1. The molecule has 6 nitrogen and oxygen atoms in total. The van der Waals surface area contributed by atoms with Crippen LogP contribution in [0, 0.1) is 6.92 Å². The third-order valence-corrected chi connectivity index (χ3v) is 5.93. The standard InChI is InChI=1S/C23H16ClNO5S/c1-13-2-4-14(5-3-13)12-25-21(26)20(31-23(25)29)11-16-7-9-19(30-16)15-6-8-17(22(27)28)18(24)10-15/h2-11H,12H2,1H3,(H,27,28)/p-1/b20-11-. The molecule has 31 heavy (non-hydrogen) atoms. The van der Waals surface area contributed by atoms with Gasteiger partial charge in [-0.3, -0.25) is 14.5 Å². The average molecular weight is 453 g/mol. The van der Waals surface area contributed by atoms with E-state index < -0.39 is 5.97 Å². The van der Waals surface area contributed by atoms with Crippen molar-refractivity contribution in [2.45, 2.75) is 13.5 Å². The molecule has 0 saturated carbocycles. The number of hydrogen-bond donors (Lipinski definition) is 0. The van der Waals surface area contributed by atoms with Crippen molar-refractivity contribution in [3.05, 3.63) is 87.0 Å².